The van der Waals surface area contributed by atoms with Crippen molar-refractivity contribution in [3.8, 4) is 0 Å². The zero-order chi connectivity index (χ0) is 20.7. The minimum absolute atomic E-state index is 0.170. The van der Waals surface area contributed by atoms with Crippen LogP contribution in [0.4, 0.5) is 0 Å². The van der Waals surface area contributed by atoms with Crippen molar-refractivity contribution in [3.05, 3.63) is 47.7 Å². The van der Waals surface area contributed by atoms with Gasteiger partial charge in [0.1, 0.15) is 0 Å². The summed E-state index contributed by atoms with van der Waals surface area (Å²) in [5, 5.41) is 20.8. The van der Waals surface area contributed by atoms with Crippen molar-refractivity contribution >= 4 is 5.90 Å². The molecule has 7 nitrogen and oxygen atoms in total. The number of allylic oxidation sites excluding steroid dienone is 1. The van der Waals surface area contributed by atoms with E-state index < -0.39 is 0 Å². The topological polar surface area (TPSA) is 73.0 Å². The molecule has 1 heterocycles. The predicted molar refractivity (Wildman–Crippen MR) is 119 cm³/mol. The van der Waals surface area contributed by atoms with E-state index in [1.54, 1.807) is 0 Å². The molecule has 0 saturated heterocycles. The van der Waals surface area contributed by atoms with Gasteiger partial charge >= 0.3 is 0 Å². The Labute approximate surface area is 175 Å². The maximum absolute atomic E-state index is 5.90. The smallest absolute Gasteiger partial charge is 0.240 e. The lowest BCUT2D eigenvalue weighted by molar-refractivity contribution is 0.206. The Bertz CT molecular complexity index is 709. The summed E-state index contributed by atoms with van der Waals surface area (Å²) in [7, 11) is 0. The summed E-state index contributed by atoms with van der Waals surface area (Å²) in [5.74, 6) is 0.687. The van der Waals surface area contributed by atoms with Gasteiger partial charge in [0.2, 0.25) is 5.90 Å². The Morgan fingerprint density at radius 2 is 1.41 bits per heavy atom. The van der Waals surface area contributed by atoms with E-state index in [1.165, 1.54) is 0 Å². The molecule has 0 spiro atoms. The number of likely N-dealkylation sites (N-methyl/N-ethyl adjacent to an activating group) is 4. The summed E-state index contributed by atoms with van der Waals surface area (Å²) in [6, 6.07) is 0. The zero-order valence-electron chi connectivity index (χ0n) is 18.2. The lowest BCUT2D eigenvalue weighted by Gasteiger charge is -2.34. The second kappa shape index (κ2) is 9.71. The normalized spacial score (nSPS) is 22.2. The second-order valence-electron chi connectivity index (χ2n) is 7.51. The van der Waals surface area contributed by atoms with Gasteiger partial charge < -0.3 is 4.74 Å². The van der Waals surface area contributed by atoms with Gasteiger partial charge in [-0.25, -0.2) is 5.01 Å². The number of hydrogen-bond donors (Lipinski definition) is 4. The number of hydrazone groups is 1. The maximum atomic E-state index is 5.90. The minimum Gasteiger partial charge on any atom is -0.453 e. The first-order valence-corrected chi connectivity index (χ1v) is 10.9. The first-order chi connectivity index (χ1) is 14.1. The van der Waals surface area contributed by atoms with Crippen LogP contribution in [0.1, 0.15) is 40.5 Å². The third kappa shape index (κ3) is 4.98. The van der Waals surface area contributed by atoms with E-state index in [1.807, 2.05) is 5.01 Å². The highest BCUT2D eigenvalue weighted by Gasteiger charge is 2.31. The van der Waals surface area contributed by atoms with Crippen LogP contribution >= 0.6 is 0 Å². The van der Waals surface area contributed by atoms with Crippen molar-refractivity contribution < 1.29 is 4.74 Å². The van der Waals surface area contributed by atoms with E-state index in [9.17, 15) is 0 Å². The number of rotatable bonds is 10. The van der Waals surface area contributed by atoms with Crippen LogP contribution in [0.25, 0.3) is 0 Å². The third-order valence-corrected chi connectivity index (χ3v) is 5.41. The molecule has 1 aliphatic heterocycles. The summed E-state index contributed by atoms with van der Waals surface area (Å²) < 4.78 is 5.90. The quantitative estimate of drug-likeness (QED) is 0.421. The van der Waals surface area contributed by atoms with Gasteiger partial charge in [-0.2, -0.15) is 0 Å². The van der Waals surface area contributed by atoms with Crippen molar-refractivity contribution in [1.82, 2.24) is 26.3 Å². The van der Waals surface area contributed by atoms with Gasteiger partial charge in [0.25, 0.3) is 0 Å². The molecule has 0 aromatic carbocycles. The molecule has 160 valence electrons. The van der Waals surface area contributed by atoms with E-state index in [2.05, 4.69) is 85.4 Å². The van der Waals surface area contributed by atoms with E-state index in [0.717, 1.165) is 50.3 Å². The summed E-state index contributed by atoms with van der Waals surface area (Å²) >= 11 is 0. The molecule has 0 bridgehead atoms. The molecule has 2 aliphatic carbocycles. The van der Waals surface area contributed by atoms with Crippen LogP contribution in [0, 0.1) is 0 Å². The predicted octanol–water partition coefficient (Wildman–Crippen LogP) is 2.15. The molecule has 29 heavy (non-hydrogen) atoms. The fraction of sp³-hybridized carbons (Fsp3) is 0.591. The molecule has 7 heteroatoms. The minimum atomic E-state index is -0.178. The highest BCUT2D eigenvalue weighted by atomic mass is 16.5. The summed E-state index contributed by atoms with van der Waals surface area (Å²) in [5.41, 5.74) is 1.76. The Kier molecular flexibility index (Phi) is 7.29. The van der Waals surface area contributed by atoms with Crippen LogP contribution in [-0.2, 0) is 4.74 Å². The molecule has 4 N–H and O–H groups in total. The van der Waals surface area contributed by atoms with Crippen molar-refractivity contribution in [1.29, 1.82) is 0 Å². The van der Waals surface area contributed by atoms with E-state index in [-0.39, 0.29) is 11.3 Å². The summed E-state index contributed by atoms with van der Waals surface area (Å²) in [6.07, 6.45) is 14.8. The Morgan fingerprint density at radius 1 is 0.862 bits per heavy atom. The molecule has 0 fully saturated rings. The van der Waals surface area contributed by atoms with Crippen LogP contribution in [0.15, 0.2) is 52.8 Å². The van der Waals surface area contributed by atoms with Crippen LogP contribution in [-0.4, -0.2) is 55.1 Å². The highest BCUT2D eigenvalue weighted by Crippen LogP contribution is 2.26. The van der Waals surface area contributed by atoms with Gasteiger partial charge in [0.15, 0.2) is 6.73 Å². The van der Waals surface area contributed by atoms with Crippen LogP contribution < -0.4 is 21.3 Å². The van der Waals surface area contributed by atoms with Gasteiger partial charge in [-0.15, -0.1) is 5.10 Å². The fourth-order valence-corrected chi connectivity index (χ4v) is 4.09. The Morgan fingerprint density at radius 3 is 1.86 bits per heavy atom. The van der Waals surface area contributed by atoms with Gasteiger partial charge in [-0.3, -0.25) is 21.3 Å². The van der Waals surface area contributed by atoms with E-state index in [0.29, 0.717) is 12.6 Å². The first-order valence-electron chi connectivity index (χ1n) is 10.9. The summed E-state index contributed by atoms with van der Waals surface area (Å²) in [4.78, 5) is 0. The van der Waals surface area contributed by atoms with Crippen molar-refractivity contribution in [2.75, 3.05) is 32.9 Å². The molecule has 0 aromatic rings. The number of hydrogen-bond acceptors (Lipinski definition) is 7. The Hall–Kier alpha value is -1.93. The van der Waals surface area contributed by atoms with Gasteiger partial charge in [0.05, 0.1) is 17.0 Å². The average Bonchev–Trinajstić information content (AvgIpc) is 3.20. The number of nitrogens with zero attached hydrogens (tertiary/aromatic N) is 2. The van der Waals surface area contributed by atoms with Crippen molar-refractivity contribution in [2.24, 2.45) is 5.10 Å². The lowest BCUT2D eigenvalue weighted by atomic mass is 9.96. The summed E-state index contributed by atoms with van der Waals surface area (Å²) in [6.45, 7) is 12.6. The standard InChI is InChI=1S/C22H36N6O/c1-5-23-21(24-6-2)13-9-18(10-14-21)20-27-28(17-29-20)19-11-15-22(16-12-19,25-7-3)26-8-4/h9-13,15,23-26H,5-8,14,16-17H2,1-4H3. The Balaban J connectivity index is 1.66. The molecule has 0 aromatic heterocycles. The third-order valence-electron chi connectivity index (χ3n) is 5.41. The molecule has 0 atom stereocenters. The molecule has 0 amide bonds. The molecular weight excluding hydrogens is 364 g/mol. The molecule has 0 unspecified atom stereocenters. The van der Waals surface area contributed by atoms with Crippen LogP contribution in [0.3, 0.4) is 0 Å². The fourth-order valence-electron chi connectivity index (χ4n) is 4.09. The van der Waals surface area contributed by atoms with Gasteiger partial charge in [0, 0.05) is 18.4 Å². The molecule has 3 aliphatic rings. The largest absolute Gasteiger partial charge is 0.453 e. The van der Waals surface area contributed by atoms with Crippen LogP contribution in [0.2, 0.25) is 0 Å². The van der Waals surface area contributed by atoms with E-state index >= 15 is 0 Å². The van der Waals surface area contributed by atoms with E-state index in [4.69, 9.17) is 9.84 Å². The average molecular weight is 401 g/mol. The number of ether oxygens (including phenoxy) is 1. The molecule has 0 saturated carbocycles. The molecule has 0 radical (unpaired) electrons. The van der Waals surface area contributed by atoms with Gasteiger partial charge in [-0.1, -0.05) is 45.9 Å². The molecular formula is C22H36N6O. The van der Waals surface area contributed by atoms with Crippen molar-refractivity contribution in [2.45, 2.75) is 51.9 Å². The SMILES string of the molecule is CCNC1(NCC)C=CC(C2=NN(C3=CCC(NCC)(NCC)C=C3)CO2)=CC1. The highest BCUT2D eigenvalue weighted by molar-refractivity contribution is 5.97. The monoisotopic (exact) mass is 400 g/mol. The van der Waals surface area contributed by atoms with Crippen molar-refractivity contribution in [3.63, 3.8) is 0 Å². The molecule has 3 rings (SSSR count). The zero-order valence-corrected chi connectivity index (χ0v) is 18.2. The van der Waals surface area contributed by atoms with Gasteiger partial charge in [-0.05, 0) is 44.4 Å². The first kappa shape index (κ1) is 21.8. The lowest BCUT2D eigenvalue weighted by Crippen LogP contribution is -2.55. The second-order valence-corrected chi connectivity index (χ2v) is 7.51. The number of nitrogens with one attached hydrogen (secondary N) is 4. The van der Waals surface area contributed by atoms with Crippen LogP contribution in [0.5, 0.6) is 0 Å². The maximum Gasteiger partial charge on any atom is 0.240 e.